The molecule has 2 aliphatic rings. The van der Waals surface area contributed by atoms with Crippen LogP contribution in [0.1, 0.15) is 24.0 Å². The highest BCUT2D eigenvalue weighted by molar-refractivity contribution is 6.32. The molecule has 0 spiro atoms. The topological polar surface area (TPSA) is 80.3 Å². The van der Waals surface area contributed by atoms with Crippen molar-refractivity contribution in [2.45, 2.75) is 31.9 Å². The zero-order valence-electron chi connectivity index (χ0n) is 17.5. The van der Waals surface area contributed by atoms with Crippen molar-refractivity contribution in [3.8, 4) is 17.2 Å². The first kappa shape index (κ1) is 21.7. The zero-order chi connectivity index (χ0) is 21.8. The number of piperidine rings is 1. The number of likely N-dealkylation sites (tertiary alicyclic amines) is 1. The maximum absolute atomic E-state index is 12.5. The molecule has 2 N–H and O–H groups in total. The first-order chi connectivity index (χ1) is 14.9. The number of aliphatic hydroxyl groups is 1. The summed E-state index contributed by atoms with van der Waals surface area (Å²) in [6.07, 6.45) is 1.41. The van der Waals surface area contributed by atoms with E-state index in [2.05, 4.69) is 5.32 Å². The van der Waals surface area contributed by atoms with Crippen LogP contribution in [0.2, 0.25) is 5.02 Å². The van der Waals surface area contributed by atoms with Crippen LogP contribution in [0.15, 0.2) is 36.4 Å². The number of nitrogens with one attached hydrogen (secondary N) is 1. The number of benzene rings is 2. The van der Waals surface area contributed by atoms with Gasteiger partial charge in [0.05, 0.1) is 11.6 Å². The van der Waals surface area contributed by atoms with Gasteiger partial charge in [-0.2, -0.15) is 0 Å². The minimum absolute atomic E-state index is 0.0930. The second kappa shape index (κ2) is 9.34. The lowest BCUT2D eigenvalue weighted by molar-refractivity contribution is -0.124. The van der Waals surface area contributed by atoms with Crippen molar-refractivity contribution in [2.75, 3.05) is 33.0 Å². The lowest BCUT2D eigenvalue weighted by Crippen LogP contribution is -2.53. The number of hydrogen-bond acceptors (Lipinski definition) is 6. The molecule has 1 fully saturated rings. The molecule has 166 valence electrons. The van der Waals surface area contributed by atoms with Gasteiger partial charge in [0.2, 0.25) is 12.7 Å². The Bertz CT molecular complexity index is 954. The second-order valence-electron chi connectivity index (χ2n) is 8.23. The largest absolute Gasteiger partial charge is 0.489 e. The molecule has 1 amide bonds. The first-order valence-electron chi connectivity index (χ1n) is 10.4. The molecule has 0 saturated carbocycles. The van der Waals surface area contributed by atoms with E-state index in [1.54, 1.807) is 6.07 Å². The van der Waals surface area contributed by atoms with Crippen molar-refractivity contribution in [2.24, 2.45) is 0 Å². The molecule has 0 aliphatic carbocycles. The van der Waals surface area contributed by atoms with Crippen LogP contribution < -0.4 is 19.5 Å². The standard InChI is InChI=1S/C23H27ClN2O5/c1-16-3-5-18(24)20(9-16)29-14-23(28)7-2-8-26(13-23)12-22(27)25-11-17-4-6-19-21(10-17)31-15-30-19/h3-6,9-10,28H,2,7-8,11-15H2,1H3,(H,25,27)/t23-/m1/s1. The lowest BCUT2D eigenvalue weighted by atomic mass is 9.93. The van der Waals surface area contributed by atoms with Gasteiger partial charge >= 0.3 is 0 Å². The molecule has 7 nitrogen and oxygen atoms in total. The van der Waals surface area contributed by atoms with E-state index in [1.807, 2.05) is 42.2 Å². The van der Waals surface area contributed by atoms with E-state index in [4.69, 9.17) is 25.8 Å². The molecule has 0 radical (unpaired) electrons. The van der Waals surface area contributed by atoms with E-state index in [-0.39, 0.29) is 25.9 Å². The molecule has 31 heavy (non-hydrogen) atoms. The minimum atomic E-state index is -1.02. The van der Waals surface area contributed by atoms with Crippen LogP contribution in [0, 0.1) is 6.92 Å². The van der Waals surface area contributed by atoms with Crippen molar-refractivity contribution in [3.63, 3.8) is 0 Å². The number of fused-ring (bicyclic) bond motifs is 1. The molecule has 2 aromatic rings. The van der Waals surface area contributed by atoms with E-state index in [0.717, 1.165) is 29.8 Å². The van der Waals surface area contributed by atoms with Crippen LogP contribution in [0.4, 0.5) is 0 Å². The van der Waals surface area contributed by atoms with Gasteiger partial charge in [0.1, 0.15) is 18.0 Å². The number of ether oxygens (including phenoxy) is 3. The van der Waals surface area contributed by atoms with E-state index in [1.165, 1.54) is 0 Å². The molecule has 2 aliphatic heterocycles. The number of halogens is 1. The number of nitrogens with zero attached hydrogens (tertiary/aromatic N) is 1. The smallest absolute Gasteiger partial charge is 0.234 e. The Morgan fingerprint density at radius 2 is 2.10 bits per heavy atom. The van der Waals surface area contributed by atoms with Crippen molar-refractivity contribution >= 4 is 17.5 Å². The van der Waals surface area contributed by atoms with Crippen LogP contribution in [-0.4, -0.2) is 54.5 Å². The number of aryl methyl sites for hydroxylation is 1. The molecule has 0 bridgehead atoms. The third kappa shape index (κ3) is 5.61. The molecule has 0 unspecified atom stereocenters. The molecule has 1 atom stereocenters. The summed E-state index contributed by atoms with van der Waals surface area (Å²) in [6, 6.07) is 11.2. The molecule has 4 rings (SSSR count). The van der Waals surface area contributed by atoms with Gasteiger partial charge in [-0.1, -0.05) is 23.7 Å². The van der Waals surface area contributed by atoms with Gasteiger partial charge in [0, 0.05) is 13.1 Å². The monoisotopic (exact) mass is 446 g/mol. The fourth-order valence-electron chi connectivity index (χ4n) is 3.90. The fraction of sp³-hybridized carbons (Fsp3) is 0.435. The van der Waals surface area contributed by atoms with Crippen LogP contribution in [0.5, 0.6) is 17.2 Å². The zero-order valence-corrected chi connectivity index (χ0v) is 18.3. The van der Waals surface area contributed by atoms with Gasteiger partial charge in [0.25, 0.3) is 0 Å². The Hall–Kier alpha value is -2.48. The predicted octanol–water partition coefficient (Wildman–Crippen LogP) is 2.90. The highest BCUT2D eigenvalue weighted by atomic mass is 35.5. The summed E-state index contributed by atoms with van der Waals surface area (Å²) >= 11 is 6.19. The van der Waals surface area contributed by atoms with E-state index >= 15 is 0 Å². The third-order valence-electron chi connectivity index (χ3n) is 5.51. The van der Waals surface area contributed by atoms with Crippen molar-refractivity contribution in [1.29, 1.82) is 0 Å². The Morgan fingerprint density at radius 3 is 2.97 bits per heavy atom. The molecular formula is C23H27ClN2O5. The van der Waals surface area contributed by atoms with Crippen molar-refractivity contribution in [3.05, 3.63) is 52.5 Å². The SMILES string of the molecule is Cc1ccc(Cl)c(OC[C@@]2(O)CCCN(CC(=O)NCc3ccc4c(c3)OCO4)C2)c1. The summed E-state index contributed by atoms with van der Waals surface area (Å²) in [5, 5.41) is 14.5. The summed E-state index contributed by atoms with van der Waals surface area (Å²) in [7, 11) is 0. The van der Waals surface area contributed by atoms with Crippen molar-refractivity contribution in [1.82, 2.24) is 10.2 Å². The molecule has 8 heteroatoms. The number of β-amino-alcohol motifs (C(OH)–C–C–N with tert-alkyl or cyclic N) is 1. The summed E-state index contributed by atoms with van der Waals surface area (Å²) in [5.41, 5.74) is 0.954. The number of rotatable bonds is 7. The normalized spacial score (nSPS) is 20.5. The molecular weight excluding hydrogens is 420 g/mol. The van der Waals surface area contributed by atoms with Gasteiger partial charge in [-0.3, -0.25) is 9.69 Å². The summed E-state index contributed by atoms with van der Waals surface area (Å²) in [6.45, 7) is 4.07. The van der Waals surface area contributed by atoms with Crippen LogP contribution in [-0.2, 0) is 11.3 Å². The van der Waals surface area contributed by atoms with E-state index in [9.17, 15) is 9.90 Å². The summed E-state index contributed by atoms with van der Waals surface area (Å²) in [4.78, 5) is 14.4. The average molecular weight is 447 g/mol. The maximum Gasteiger partial charge on any atom is 0.234 e. The van der Waals surface area contributed by atoms with Gasteiger partial charge in [-0.05, 0) is 61.7 Å². The quantitative estimate of drug-likeness (QED) is 0.680. The number of carbonyl (C=O) groups is 1. The van der Waals surface area contributed by atoms with Crippen LogP contribution >= 0.6 is 11.6 Å². The molecule has 2 heterocycles. The fourth-order valence-corrected chi connectivity index (χ4v) is 4.07. The summed E-state index contributed by atoms with van der Waals surface area (Å²) in [5.74, 6) is 1.89. The number of amides is 1. The highest BCUT2D eigenvalue weighted by Crippen LogP contribution is 2.32. The Balaban J connectivity index is 1.26. The van der Waals surface area contributed by atoms with Gasteiger partial charge in [-0.25, -0.2) is 0 Å². The predicted molar refractivity (Wildman–Crippen MR) is 117 cm³/mol. The summed E-state index contributed by atoms with van der Waals surface area (Å²) < 4.78 is 16.5. The Labute approximate surface area is 186 Å². The second-order valence-corrected chi connectivity index (χ2v) is 8.63. The average Bonchev–Trinajstić information content (AvgIpc) is 3.21. The molecule has 2 aromatic carbocycles. The third-order valence-corrected chi connectivity index (χ3v) is 5.82. The molecule has 1 saturated heterocycles. The van der Waals surface area contributed by atoms with Crippen molar-refractivity contribution < 1.29 is 24.1 Å². The Kier molecular flexibility index (Phi) is 6.55. The van der Waals surface area contributed by atoms with Crippen LogP contribution in [0.25, 0.3) is 0 Å². The van der Waals surface area contributed by atoms with Gasteiger partial charge in [-0.15, -0.1) is 0 Å². The van der Waals surface area contributed by atoms with Gasteiger partial charge < -0.3 is 24.6 Å². The maximum atomic E-state index is 12.5. The van der Waals surface area contributed by atoms with E-state index < -0.39 is 5.60 Å². The number of hydrogen-bond donors (Lipinski definition) is 2. The number of carbonyl (C=O) groups excluding carboxylic acids is 1. The van der Waals surface area contributed by atoms with Crippen LogP contribution in [0.3, 0.4) is 0 Å². The highest BCUT2D eigenvalue weighted by Gasteiger charge is 2.35. The van der Waals surface area contributed by atoms with Gasteiger partial charge in [0.15, 0.2) is 11.5 Å². The lowest BCUT2D eigenvalue weighted by Gasteiger charge is -2.38. The first-order valence-corrected chi connectivity index (χ1v) is 10.8. The Morgan fingerprint density at radius 1 is 1.26 bits per heavy atom. The van der Waals surface area contributed by atoms with E-state index in [0.29, 0.717) is 36.0 Å². The molecule has 0 aromatic heterocycles. The minimum Gasteiger partial charge on any atom is -0.489 e.